The number of carbonyl (C=O) groups excluding carboxylic acids is 2. The molecular formula is C27H36FN3O4. The van der Waals surface area contributed by atoms with E-state index in [0.29, 0.717) is 13.1 Å². The summed E-state index contributed by atoms with van der Waals surface area (Å²) in [5, 5.41) is 13.1. The van der Waals surface area contributed by atoms with Gasteiger partial charge in [-0.25, -0.2) is 4.39 Å². The molecule has 1 aliphatic heterocycles. The number of hydrogen-bond acceptors (Lipinski definition) is 4. The predicted molar refractivity (Wildman–Crippen MR) is 130 cm³/mol. The highest BCUT2D eigenvalue weighted by atomic mass is 19.1. The topological polar surface area (TPSA) is 98.7 Å². The zero-order valence-electron chi connectivity index (χ0n) is 20.1. The fourth-order valence-corrected chi connectivity index (χ4v) is 6.41. The van der Waals surface area contributed by atoms with Crippen LogP contribution in [-0.4, -0.2) is 54.5 Å². The van der Waals surface area contributed by atoms with Crippen LogP contribution in [0.1, 0.15) is 44.1 Å². The number of nitrogens with one attached hydrogen (secondary N) is 2. The van der Waals surface area contributed by atoms with Crippen molar-refractivity contribution in [3.8, 4) is 0 Å². The molecule has 2 amide bonds. The van der Waals surface area contributed by atoms with E-state index in [2.05, 4.69) is 27.7 Å². The highest BCUT2D eigenvalue weighted by molar-refractivity contribution is 5.90. The average Bonchev–Trinajstić information content (AvgIpc) is 3.21. The first-order chi connectivity index (χ1) is 17.0. The van der Waals surface area contributed by atoms with Crippen LogP contribution in [0.5, 0.6) is 0 Å². The van der Waals surface area contributed by atoms with Crippen LogP contribution in [0, 0.1) is 34.9 Å². The number of amides is 2. The van der Waals surface area contributed by atoms with E-state index >= 15 is 0 Å². The normalized spacial score (nSPS) is 27.3. The third-order valence-corrected chi connectivity index (χ3v) is 8.23. The summed E-state index contributed by atoms with van der Waals surface area (Å²) >= 11 is 0. The monoisotopic (exact) mass is 485 g/mol. The number of carbonyl (C=O) groups is 3. The Morgan fingerprint density at radius 3 is 2.14 bits per heavy atom. The van der Waals surface area contributed by atoms with Crippen molar-refractivity contribution in [3.05, 3.63) is 47.8 Å². The minimum absolute atomic E-state index is 0.0382. The first-order valence-corrected chi connectivity index (χ1v) is 12.8. The lowest BCUT2D eigenvalue weighted by molar-refractivity contribution is -0.135. The molecule has 35 heavy (non-hydrogen) atoms. The number of allylic oxidation sites excluding steroid dienone is 2. The lowest BCUT2D eigenvalue weighted by atomic mass is 9.81. The number of carboxylic acid groups (broad SMARTS) is 1. The van der Waals surface area contributed by atoms with Crippen LogP contribution in [0.3, 0.4) is 0 Å². The van der Waals surface area contributed by atoms with Gasteiger partial charge < -0.3 is 20.6 Å². The molecule has 4 aliphatic rings. The zero-order chi connectivity index (χ0) is 24.8. The van der Waals surface area contributed by atoms with Crippen molar-refractivity contribution in [2.75, 3.05) is 26.2 Å². The minimum atomic E-state index is -0.308. The van der Waals surface area contributed by atoms with Crippen molar-refractivity contribution >= 4 is 18.3 Å². The SMILES string of the molecule is O=C(NCCCCN1CCCC1)[C@H]1[C@H](C(=O)NCc2ccc(F)cc2)[C@@H]2C=C[C@H]1C21CC1.O=CO. The van der Waals surface area contributed by atoms with E-state index in [9.17, 15) is 14.0 Å². The van der Waals surface area contributed by atoms with Gasteiger partial charge in [-0.15, -0.1) is 0 Å². The fourth-order valence-electron chi connectivity index (χ4n) is 6.41. The summed E-state index contributed by atoms with van der Waals surface area (Å²) in [7, 11) is 0. The molecule has 190 valence electrons. The fraction of sp³-hybridized carbons (Fsp3) is 0.593. The molecule has 5 rings (SSSR count). The van der Waals surface area contributed by atoms with E-state index in [4.69, 9.17) is 9.90 Å². The van der Waals surface area contributed by atoms with Gasteiger partial charge in [0, 0.05) is 13.1 Å². The molecule has 0 unspecified atom stereocenters. The number of benzene rings is 1. The molecule has 1 heterocycles. The predicted octanol–water partition coefficient (Wildman–Crippen LogP) is 2.96. The third kappa shape index (κ3) is 5.58. The van der Waals surface area contributed by atoms with Gasteiger partial charge in [0.2, 0.25) is 11.8 Å². The van der Waals surface area contributed by atoms with Gasteiger partial charge in [0.25, 0.3) is 6.47 Å². The molecular weight excluding hydrogens is 449 g/mol. The summed E-state index contributed by atoms with van der Waals surface area (Å²) in [5.41, 5.74) is 0.994. The van der Waals surface area contributed by atoms with Crippen molar-refractivity contribution in [2.24, 2.45) is 29.1 Å². The second-order valence-corrected chi connectivity index (χ2v) is 10.2. The van der Waals surface area contributed by atoms with Crippen LogP contribution in [0.2, 0.25) is 0 Å². The van der Waals surface area contributed by atoms with Crippen molar-refractivity contribution in [1.82, 2.24) is 15.5 Å². The smallest absolute Gasteiger partial charge is 0.290 e. The molecule has 1 spiro atoms. The molecule has 1 aromatic carbocycles. The quantitative estimate of drug-likeness (QED) is 0.284. The van der Waals surface area contributed by atoms with E-state index in [0.717, 1.165) is 37.8 Å². The van der Waals surface area contributed by atoms with Crippen LogP contribution >= 0.6 is 0 Å². The molecule has 4 atom stereocenters. The van der Waals surface area contributed by atoms with Crippen molar-refractivity contribution in [2.45, 2.75) is 45.1 Å². The molecule has 3 aliphatic carbocycles. The molecule has 8 heteroatoms. The number of hydrogen-bond donors (Lipinski definition) is 3. The van der Waals surface area contributed by atoms with Crippen molar-refractivity contribution in [3.63, 3.8) is 0 Å². The van der Waals surface area contributed by atoms with E-state index in [1.54, 1.807) is 12.1 Å². The van der Waals surface area contributed by atoms with Crippen LogP contribution in [-0.2, 0) is 20.9 Å². The summed E-state index contributed by atoms with van der Waals surface area (Å²) in [4.78, 5) is 37.3. The highest BCUT2D eigenvalue weighted by Crippen LogP contribution is 2.72. The molecule has 0 radical (unpaired) electrons. The number of likely N-dealkylation sites (tertiary alicyclic amines) is 1. The lowest BCUT2D eigenvalue weighted by Gasteiger charge is -2.26. The first kappa shape index (κ1) is 25.4. The Labute approximate surface area is 206 Å². The van der Waals surface area contributed by atoms with Gasteiger partial charge in [0.05, 0.1) is 11.8 Å². The summed E-state index contributed by atoms with van der Waals surface area (Å²) in [6, 6.07) is 6.18. The van der Waals surface area contributed by atoms with Gasteiger partial charge in [-0.05, 0) is 93.1 Å². The number of nitrogens with zero attached hydrogens (tertiary/aromatic N) is 1. The number of rotatable bonds is 9. The van der Waals surface area contributed by atoms with E-state index in [1.165, 1.54) is 38.1 Å². The molecule has 0 aromatic heterocycles. The van der Waals surface area contributed by atoms with Crippen molar-refractivity contribution in [1.29, 1.82) is 0 Å². The molecule has 1 saturated heterocycles. The van der Waals surface area contributed by atoms with Crippen LogP contribution in [0.15, 0.2) is 36.4 Å². The van der Waals surface area contributed by atoms with Gasteiger partial charge in [-0.1, -0.05) is 24.3 Å². The Morgan fingerprint density at radius 1 is 1.00 bits per heavy atom. The van der Waals surface area contributed by atoms with Crippen LogP contribution < -0.4 is 10.6 Å². The minimum Gasteiger partial charge on any atom is -0.483 e. The maximum atomic E-state index is 13.2. The third-order valence-electron chi connectivity index (χ3n) is 8.23. The standard InChI is InChI=1S/C26H34FN3O2.CH2O2/c27-19-7-5-18(6-8-19)17-29-25(32)23-21-10-9-20(26(21)11-12-26)22(23)24(31)28-13-1-2-14-30-15-3-4-16-30;2-1-3/h5-10,20-23H,1-4,11-17H2,(H,28,31)(H,29,32);1H,(H,2,3)/t20-,21+,22-,23-;/m1./s1. The summed E-state index contributed by atoms with van der Waals surface area (Å²) in [5.74, 6) is -0.545. The zero-order valence-corrected chi connectivity index (χ0v) is 20.1. The first-order valence-electron chi connectivity index (χ1n) is 12.8. The van der Waals surface area contributed by atoms with E-state index in [-0.39, 0.29) is 53.2 Å². The molecule has 2 saturated carbocycles. The summed E-state index contributed by atoms with van der Waals surface area (Å²) in [6.45, 7) is 4.32. The molecule has 3 N–H and O–H groups in total. The number of unbranched alkanes of at least 4 members (excludes halogenated alkanes) is 1. The lowest BCUT2D eigenvalue weighted by Crippen LogP contribution is -2.44. The van der Waals surface area contributed by atoms with Gasteiger partial charge in [-0.2, -0.15) is 0 Å². The Kier molecular flexibility index (Phi) is 8.21. The van der Waals surface area contributed by atoms with E-state index in [1.807, 2.05) is 0 Å². The maximum Gasteiger partial charge on any atom is 0.290 e. The van der Waals surface area contributed by atoms with Crippen LogP contribution in [0.4, 0.5) is 4.39 Å². The largest absolute Gasteiger partial charge is 0.483 e. The van der Waals surface area contributed by atoms with Crippen molar-refractivity contribution < 1.29 is 23.9 Å². The Balaban J connectivity index is 0.000000917. The second kappa shape index (κ2) is 11.3. The molecule has 7 nitrogen and oxygen atoms in total. The highest BCUT2D eigenvalue weighted by Gasteiger charge is 2.69. The second-order valence-electron chi connectivity index (χ2n) is 10.2. The Bertz CT molecular complexity index is 925. The van der Waals surface area contributed by atoms with Crippen LogP contribution in [0.25, 0.3) is 0 Å². The van der Waals surface area contributed by atoms with Gasteiger partial charge >= 0.3 is 0 Å². The average molecular weight is 486 g/mol. The van der Waals surface area contributed by atoms with E-state index < -0.39 is 0 Å². The molecule has 3 fully saturated rings. The molecule has 1 aromatic rings. The van der Waals surface area contributed by atoms with Gasteiger partial charge in [0.15, 0.2) is 0 Å². The summed E-state index contributed by atoms with van der Waals surface area (Å²) in [6.07, 6.45) is 11.3. The maximum absolute atomic E-state index is 13.2. The Morgan fingerprint density at radius 2 is 1.57 bits per heavy atom. The number of halogens is 1. The summed E-state index contributed by atoms with van der Waals surface area (Å²) < 4.78 is 13.2. The molecule has 2 bridgehead atoms. The van der Waals surface area contributed by atoms with Gasteiger partial charge in [-0.3, -0.25) is 14.4 Å². The Hall–Kier alpha value is -2.74. The van der Waals surface area contributed by atoms with Gasteiger partial charge in [0.1, 0.15) is 5.82 Å².